The Hall–Kier alpha value is -3.00. The maximum Gasteiger partial charge on any atom is 0.355 e. The number of hydrogen-bond donors (Lipinski definition) is 1. The van der Waals surface area contributed by atoms with Crippen LogP contribution >= 0.6 is 18.9 Å². The van der Waals surface area contributed by atoms with Crippen molar-refractivity contribution in [2.24, 2.45) is 5.41 Å². The van der Waals surface area contributed by atoms with E-state index in [1.165, 1.54) is 36.5 Å². The second-order valence-corrected chi connectivity index (χ2v) is 12.8. The van der Waals surface area contributed by atoms with Gasteiger partial charge in [0.25, 0.3) is 0 Å². The number of fused-ring (bicyclic) bond motifs is 1. The number of para-hydroxylation sites is 1. The molecule has 198 valence electrons. The molecule has 3 aromatic rings. The van der Waals surface area contributed by atoms with Crippen molar-refractivity contribution in [3.8, 4) is 5.75 Å². The first kappa shape index (κ1) is 28.6. The lowest BCUT2D eigenvalue weighted by Gasteiger charge is -2.27. The molecule has 0 bridgehead atoms. The number of nitrogens with one attached hydrogen (secondary N) is 1. The SMILES string of the molecule is C=CCOC(=O)c1cc2cc([C@@H](F)P(=O)(N[C@@H](C)C(=O)OCC(C)(C)C)Oc3ccccc3)ccc2s1. The normalized spacial score (nSPS) is 14.8. The first-order chi connectivity index (χ1) is 17.4. The number of carbonyl (C=O) groups is 2. The first-order valence-corrected chi connectivity index (χ1v) is 14.2. The number of halogens is 1. The minimum absolute atomic E-state index is 0.0679. The molecular formula is C27H31FNO6PS. The van der Waals surface area contributed by atoms with Crippen LogP contribution in [0.3, 0.4) is 0 Å². The highest BCUT2D eigenvalue weighted by atomic mass is 32.1. The molecule has 3 atom stereocenters. The van der Waals surface area contributed by atoms with Gasteiger partial charge in [-0.25, -0.2) is 14.3 Å². The Morgan fingerprint density at radius 3 is 2.49 bits per heavy atom. The van der Waals surface area contributed by atoms with Gasteiger partial charge in [-0.3, -0.25) is 9.36 Å². The molecule has 10 heteroatoms. The van der Waals surface area contributed by atoms with Crippen LogP contribution in [0.5, 0.6) is 5.75 Å². The lowest BCUT2D eigenvalue weighted by atomic mass is 9.99. The van der Waals surface area contributed by atoms with Crippen molar-refractivity contribution in [1.82, 2.24) is 5.09 Å². The Kier molecular flexibility index (Phi) is 9.29. The molecule has 0 saturated carbocycles. The number of rotatable bonds is 11. The minimum Gasteiger partial charge on any atom is -0.464 e. The largest absolute Gasteiger partial charge is 0.464 e. The lowest BCUT2D eigenvalue weighted by Crippen LogP contribution is -2.36. The van der Waals surface area contributed by atoms with E-state index in [1.54, 1.807) is 42.5 Å². The molecule has 37 heavy (non-hydrogen) atoms. The number of carbonyl (C=O) groups excluding carboxylic acids is 2. The zero-order chi connectivity index (χ0) is 27.2. The number of hydrogen-bond acceptors (Lipinski definition) is 7. The minimum atomic E-state index is -4.35. The Morgan fingerprint density at radius 2 is 1.84 bits per heavy atom. The maximum atomic E-state index is 16.0. The van der Waals surface area contributed by atoms with Crippen molar-refractivity contribution in [3.63, 3.8) is 0 Å². The van der Waals surface area contributed by atoms with Gasteiger partial charge in [-0.15, -0.1) is 11.3 Å². The molecule has 0 fully saturated rings. The van der Waals surface area contributed by atoms with Gasteiger partial charge in [0.2, 0.25) is 5.91 Å². The van der Waals surface area contributed by atoms with Gasteiger partial charge in [0.1, 0.15) is 23.3 Å². The zero-order valence-corrected chi connectivity index (χ0v) is 22.9. The monoisotopic (exact) mass is 547 g/mol. The van der Waals surface area contributed by atoms with Gasteiger partial charge in [-0.05, 0) is 53.6 Å². The molecule has 1 unspecified atom stereocenters. The summed E-state index contributed by atoms with van der Waals surface area (Å²) in [5.41, 5.74) is -0.201. The summed E-state index contributed by atoms with van der Waals surface area (Å²) >= 11 is 1.20. The van der Waals surface area contributed by atoms with Gasteiger partial charge in [-0.2, -0.15) is 0 Å². The van der Waals surface area contributed by atoms with E-state index in [9.17, 15) is 14.2 Å². The topological polar surface area (TPSA) is 90.9 Å². The highest BCUT2D eigenvalue weighted by Crippen LogP contribution is 2.58. The smallest absolute Gasteiger partial charge is 0.355 e. The summed E-state index contributed by atoms with van der Waals surface area (Å²) < 4.78 is 46.8. The third-order valence-corrected chi connectivity index (χ3v) is 8.23. The van der Waals surface area contributed by atoms with Crippen LogP contribution in [0.1, 0.15) is 48.8 Å². The molecule has 3 rings (SSSR count). The molecule has 0 aliphatic rings. The summed E-state index contributed by atoms with van der Waals surface area (Å²) in [7, 11) is -4.35. The van der Waals surface area contributed by atoms with Gasteiger partial charge in [-0.1, -0.05) is 57.7 Å². The van der Waals surface area contributed by atoms with Crippen LogP contribution in [0.2, 0.25) is 0 Å². The molecule has 0 amide bonds. The lowest BCUT2D eigenvalue weighted by molar-refractivity contribution is -0.148. The fourth-order valence-corrected chi connectivity index (χ4v) is 6.07. The third-order valence-electron chi connectivity index (χ3n) is 5.01. The summed E-state index contributed by atoms with van der Waals surface area (Å²) in [5.74, 6) is -3.12. The summed E-state index contributed by atoms with van der Waals surface area (Å²) in [6, 6.07) is 13.3. The molecule has 0 saturated heterocycles. The molecule has 2 aromatic carbocycles. The summed E-state index contributed by atoms with van der Waals surface area (Å²) in [6.07, 6.45) is 1.47. The van der Waals surface area contributed by atoms with E-state index in [0.717, 1.165) is 4.70 Å². The van der Waals surface area contributed by atoms with E-state index in [2.05, 4.69) is 11.7 Å². The van der Waals surface area contributed by atoms with Crippen molar-refractivity contribution in [2.45, 2.75) is 39.6 Å². The highest BCUT2D eigenvalue weighted by molar-refractivity contribution is 7.57. The molecule has 0 aliphatic heterocycles. The molecular weight excluding hydrogens is 516 g/mol. The van der Waals surface area contributed by atoms with Gasteiger partial charge in [0.05, 0.1) is 6.61 Å². The second-order valence-electron chi connectivity index (χ2n) is 9.65. The van der Waals surface area contributed by atoms with Crippen LogP contribution in [0.4, 0.5) is 4.39 Å². The number of thiophene rings is 1. The molecule has 1 N–H and O–H groups in total. The van der Waals surface area contributed by atoms with Gasteiger partial charge in [0, 0.05) is 4.70 Å². The molecule has 0 aliphatic carbocycles. The number of benzene rings is 2. The fourth-order valence-electron chi connectivity index (χ4n) is 3.22. The number of alkyl halides is 1. The molecule has 0 spiro atoms. The van der Waals surface area contributed by atoms with Crippen molar-refractivity contribution in [2.75, 3.05) is 13.2 Å². The average Bonchev–Trinajstić information content (AvgIpc) is 3.29. The van der Waals surface area contributed by atoms with Crippen molar-refractivity contribution in [3.05, 3.63) is 77.7 Å². The van der Waals surface area contributed by atoms with E-state index in [0.29, 0.717) is 10.3 Å². The predicted molar refractivity (Wildman–Crippen MR) is 144 cm³/mol. The number of esters is 2. The third kappa shape index (κ3) is 7.74. The van der Waals surface area contributed by atoms with Crippen LogP contribution in [0.25, 0.3) is 10.1 Å². The van der Waals surface area contributed by atoms with Gasteiger partial charge < -0.3 is 14.0 Å². The van der Waals surface area contributed by atoms with Crippen LogP contribution in [-0.2, 0) is 18.8 Å². The molecule has 1 aromatic heterocycles. The Morgan fingerprint density at radius 1 is 1.14 bits per heavy atom. The van der Waals surface area contributed by atoms with Crippen LogP contribution in [-0.4, -0.2) is 31.2 Å². The van der Waals surface area contributed by atoms with Crippen LogP contribution in [0, 0.1) is 5.41 Å². The van der Waals surface area contributed by atoms with E-state index < -0.39 is 31.4 Å². The van der Waals surface area contributed by atoms with Crippen LogP contribution in [0.15, 0.2) is 67.3 Å². The van der Waals surface area contributed by atoms with Crippen molar-refractivity contribution in [1.29, 1.82) is 0 Å². The fraction of sp³-hybridized carbons (Fsp3) is 0.333. The van der Waals surface area contributed by atoms with E-state index >= 15 is 4.39 Å². The highest BCUT2D eigenvalue weighted by Gasteiger charge is 2.41. The van der Waals surface area contributed by atoms with Crippen molar-refractivity contribution >= 4 is 40.9 Å². The van der Waals surface area contributed by atoms with E-state index in [4.69, 9.17) is 14.0 Å². The first-order valence-electron chi connectivity index (χ1n) is 11.7. The standard InChI is InChI=1S/C27H31FNO6PS/c1-6-14-33-26(31)23-16-20-15-19(12-13-22(20)37-23)24(28)36(32,35-21-10-8-7-9-11-21)29-18(2)25(30)34-17-27(3,4)5/h6-13,15-16,18,24H,1,14,17H2,2-5H3,(H,29,32)/t18-,24-,36?/m0/s1. The predicted octanol–water partition coefficient (Wildman–Crippen LogP) is 7.05. The molecule has 1 heterocycles. The second kappa shape index (κ2) is 12.0. The van der Waals surface area contributed by atoms with Gasteiger partial charge in [0.15, 0.2) is 0 Å². The Bertz CT molecular complexity index is 1300. The van der Waals surface area contributed by atoms with Gasteiger partial charge >= 0.3 is 19.5 Å². The average molecular weight is 548 g/mol. The van der Waals surface area contributed by atoms with Crippen molar-refractivity contribution < 1.29 is 32.5 Å². The Labute approximate surface area is 220 Å². The maximum absolute atomic E-state index is 16.0. The summed E-state index contributed by atoms with van der Waals surface area (Å²) in [6.45, 7) is 10.9. The van der Waals surface area contributed by atoms with E-state index in [-0.39, 0.29) is 29.9 Å². The number of ether oxygens (including phenoxy) is 2. The zero-order valence-electron chi connectivity index (χ0n) is 21.2. The van der Waals surface area contributed by atoms with E-state index in [1.807, 2.05) is 20.8 Å². The van der Waals surface area contributed by atoms with Crippen LogP contribution < -0.4 is 9.61 Å². The quantitative estimate of drug-likeness (QED) is 0.156. The summed E-state index contributed by atoms with van der Waals surface area (Å²) in [5, 5.41) is 3.16. The molecule has 0 radical (unpaired) electrons. The Balaban J connectivity index is 1.89. The molecule has 7 nitrogen and oxygen atoms in total. The summed E-state index contributed by atoms with van der Waals surface area (Å²) in [4.78, 5) is 25.1.